The minimum Gasteiger partial charge on any atom is -0.370 e. The van der Waals surface area contributed by atoms with Gasteiger partial charge in [-0.15, -0.1) is 0 Å². The first-order valence-electron chi connectivity index (χ1n) is 8.73. The van der Waals surface area contributed by atoms with E-state index in [9.17, 15) is 0 Å². The molecule has 0 N–H and O–H groups in total. The van der Waals surface area contributed by atoms with Gasteiger partial charge in [-0.2, -0.15) is 0 Å². The average Bonchev–Trinajstić information content (AvgIpc) is 2.68. The number of hydrogen-bond acceptors (Lipinski definition) is 5. The lowest BCUT2D eigenvalue weighted by Gasteiger charge is -2.29. The molecule has 1 aliphatic rings. The van der Waals surface area contributed by atoms with E-state index in [0.717, 1.165) is 48.5 Å². The molecule has 0 amide bonds. The number of piperidine rings is 1. The van der Waals surface area contributed by atoms with Crippen molar-refractivity contribution in [1.29, 1.82) is 0 Å². The number of anilines is 1. The highest BCUT2D eigenvalue weighted by Gasteiger charge is 2.15. The van der Waals surface area contributed by atoms with Gasteiger partial charge in [-0.25, -0.2) is 15.0 Å². The summed E-state index contributed by atoms with van der Waals surface area (Å²) in [6.07, 6.45) is 9.32. The standard InChI is InChI=1S/C21H19N5/c1-16-4-2-6-18(25-16)7-3-5-17-8-12-26(13-9-17)19-14-20-21(24-15-19)23-11-10-22-20/h2,4-6,10-11,14-15H,8-9,12-13H2,1H3. The molecular formula is C21H19N5. The molecule has 5 heteroatoms. The molecule has 1 aliphatic heterocycles. The van der Waals surface area contributed by atoms with Crippen LogP contribution in [0.4, 0.5) is 5.69 Å². The number of pyridine rings is 2. The van der Waals surface area contributed by atoms with Crippen LogP contribution in [0.3, 0.4) is 0 Å². The fraction of sp³-hybridized carbons (Fsp3) is 0.238. The largest absolute Gasteiger partial charge is 0.370 e. The smallest absolute Gasteiger partial charge is 0.178 e. The second kappa shape index (κ2) is 7.32. The summed E-state index contributed by atoms with van der Waals surface area (Å²) in [5.41, 5.74) is 5.83. The molecule has 0 radical (unpaired) electrons. The fourth-order valence-corrected chi connectivity index (χ4v) is 3.04. The Morgan fingerprint density at radius 3 is 2.77 bits per heavy atom. The Balaban J connectivity index is 1.42. The van der Waals surface area contributed by atoms with E-state index in [1.54, 1.807) is 12.4 Å². The maximum atomic E-state index is 4.41. The summed E-state index contributed by atoms with van der Waals surface area (Å²) >= 11 is 0. The SMILES string of the molecule is Cc1cccc(C#CC=C2CCN(c3cnc4nccnc4c3)CC2)n1. The topological polar surface area (TPSA) is 54.8 Å². The molecular weight excluding hydrogens is 322 g/mol. The zero-order valence-electron chi connectivity index (χ0n) is 14.7. The van der Waals surface area contributed by atoms with E-state index in [1.807, 2.05) is 37.4 Å². The van der Waals surface area contributed by atoms with Gasteiger partial charge in [0.05, 0.1) is 11.9 Å². The Labute approximate surface area is 152 Å². The third-order valence-corrected chi connectivity index (χ3v) is 4.45. The summed E-state index contributed by atoms with van der Waals surface area (Å²) in [6.45, 7) is 3.90. The van der Waals surface area contributed by atoms with Crippen molar-refractivity contribution in [3.8, 4) is 11.8 Å². The van der Waals surface area contributed by atoms with Gasteiger partial charge in [-0.05, 0) is 50.0 Å². The van der Waals surface area contributed by atoms with Gasteiger partial charge in [0.1, 0.15) is 11.2 Å². The predicted molar refractivity (Wildman–Crippen MR) is 103 cm³/mol. The average molecular weight is 341 g/mol. The Kier molecular flexibility index (Phi) is 4.57. The molecule has 3 aromatic rings. The van der Waals surface area contributed by atoms with Crippen LogP contribution in [-0.2, 0) is 0 Å². The van der Waals surface area contributed by atoms with Crippen LogP contribution in [-0.4, -0.2) is 33.0 Å². The summed E-state index contributed by atoms with van der Waals surface area (Å²) in [7, 11) is 0. The molecule has 128 valence electrons. The van der Waals surface area contributed by atoms with Gasteiger partial charge in [0, 0.05) is 31.2 Å². The van der Waals surface area contributed by atoms with Gasteiger partial charge >= 0.3 is 0 Å². The second-order valence-corrected chi connectivity index (χ2v) is 6.32. The van der Waals surface area contributed by atoms with E-state index < -0.39 is 0 Å². The van der Waals surface area contributed by atoms with Gasteiger partial charge in [0.2, 0.25) is 0 Å². The molecule has 0 unspecified atom stereocenters. The minimum absolute atomic E-state index is 0.689. The van der Waals surface area contributed by atoms with Crippen LogP contribution in [0.15, 0.2) is 54.5 Å². The molecule has 4 heterocycles. The first-order valence-corrected chi connectivity index (χ1v) is 8.73. The first kappa shape index (κ1) is 16.2. The van der Waals surface area contributed by atoms with Gasteiger partial charge < -0.3 is 4.90 Å². The number of aromatic nitrogens is 4. The van der Waals surface area contributed by atoms with E-state index >= 15 is 0 Å². The van der Waals surface area contributed by atoms with Crippen molar-refractivity contribution >= 4 is 16.9 Å². The maximum absolute atomic E-state index is 4.41. The van der Waals surface area contributed by atoms with E-state index in [2.05, 4.69) is 42.7 Å². The van der Waals surface area contributed by atoms with Crippen LogP contribution in [0, 0.1) is 18.8 Å². The highest BCUT2D eigenvalue weighted by molar-refractivity contribution is 5.73. The van der Waals surface area contributed by atoms with Gasteiger partial charge in [-0.1, -0.05) is 17.6 Å². The fourth-order valence-electron chi connectivity index (χ4n) is 3.04. The van der Waals surface area contributed by atoms with Crippen LogP contribution >= 0.6 is 0 Å². The lowest BCUT2D eigenvalue weighted by Crippen LogP contribution is -2.30. The lowest BCUT2D eigenvalue weighted by atomic mass is 10.0. The number of fused-ring (bicyclic) bond motifs is 1. The van der Waals surface area contributed by atoms with Crippen LogP contribution < -0.4 is 4.90 Å². The predicted octanol–water partition coefficient (Wildman–Crippen LogP) is 3.31. The number of hydrogen-bond donors (Lipinski definition) is 0. The van der Waals surface area contributed by atoms with Crippen LogP contribution in [0.2, 0.25) is 0 Å². The van der Waals surface area contributed by atoms with Crippen molar-refractivity contribution in [1.82, 2.24) is 19.9 Å². The zero-order chi connectivity index (χ0) is 17.8. The number of allylic oxidation sites excluding steroid dienone is 1. The van der Waals surface area contributed by atoms with Gasteiger partial charge in [-0.3, -0.25) is 4.98 Å². The minimum atomic E-state index is 0.689. The van der Waals surface area contributed by atoms with E-state index in [0.29, 0.717) is 5.65 Å². The quantitative estimate of drug-likeness (QED) is 0.636. The Morgan fingerprint density at radius 1 is 1.08 bits per heavy atom. The normalized spacial score (nSPS) is 14.0. The molecule has 26 heavy (non-hydrogen) atoms. The highest BCUT2D eigenvalue weighted by atomic mass is 15.1. The molecule has 0 saturated carbocycles. The monoisotopic (exact) mass is 341 g/mol. The molecule has 4 rings (SSSR count). The molecule has 0 aromatic carbocycles. The number of nitrogens with zero attached hydrogens (tertiary/aromatic N) is 5. The molecule has 5 nitrogen and oxygen atoms in total. The summed E-state index contributed by atoms with van der Waals surface area (Å²) in [5.74, 6) is 6.27. The molecule has 0 aliphatic carbocycles. The summed E-state index contributed by atoms with van der Waals surface area (Å²) < 4.78 is 0. The number of rotatable bonds is 1. The van der Waals surface area contributed by atoms with Crippen LogP contribution in [0.1, 0.15) is 24.2 Å². The molecule has 0 spiro atoms. The number of aryl methyl sites for hydroxylation is 1. The van der Waals surface area contributed by atoms with E-state index in [1.165, 1.54) is 5.57 Å². The molecule has 1 saturated heterocycles. The van der Waals surface area contributed by atoms with Crippen molar-refractivity contribution in [2.24, 2.45) is 0 Å². The van der Waals surface area contributed by atoms with Gasteiger partial charge in [0.15, 0.2) is 5.65 Å². The molecule has 3 aromatic heterocycles. The third-order valence-electron chi connectivity index (χ3n) is 4.45. The summed E-state index contributed by atoms with van der Waals surface area (Å²) in [4.78, 5) is 19.7. The maximum Gasteiger partial charge on any atom is 0.178 e. The van der Waals surface area contributed by atoms with Crippen LogP contribution in [0.5, 0.6) is 0 Å². The molecule has 0 bridgehead atoms. The van der Waals surface area contributed by atoms with Crippen molar-refractivity contribution in [3.05, 3.63) is 65.9 Å². The van der Waals surface area contributed by atoms with Crippen LogP contribution in [0.25, 0.3) is 11.2 Å². The summed E-state index contributed by atoms with van der Waals surface area (Å²) in [5, 5.41) is 0. The Hall–Kier alpha value is -3.26. The Bertz CT molecular complexity index is 1020. The van der Waals surface area contributed by atoms with Crippen molar-refractivity contribution < 1.29 is 0 Å². The van der Waals surface area contributed by atoms with Crippen molar-refractivity contribution in [3.63, 3.8) is 0 Å². The lowest BCUT2D eigenvalue weighted by molar-refractivity contribution is 0.685. The van der Waals surface area contributed by atoms with E-state index in [-0.39, 0.29) is 0 Å². The second-order valence-electron chi connectivity index (χ2n) is 6.32. The van der Waals surface area contributed by atoms with Crippen molar-refractivity contribution in [2.75, 3.05) is 18.0 Å². The Morgan fingerprint density at radius 2 is 1.92 bits per heavy atom. The van der Waals surface area contributed by atoms with E-state index in [4.69, 9.17) is 0 Å². The zero-order valence-corrected chi connectivity index (χ0v) is 14.7. The van der Waals surface area contributed by atoms with Gasteiger partial charge in [0.25, 0.3) is 0 Å². The third kappa shape index (κ3) is 3.70. The first-order chi connectivity index (χ1) is 12.8. The molecule has 0 atom stereocenters. The molecule has 1 fully saturated rings. The highest BCUT2D eigenvalue weighted by Crippen LogP contribution is 2.23. The summed E-state index contributed by atoms with van der Waals surface area (Å²) in [6, 6.07) is 7.97. The van der Waals surface area contributed by atoms with Crippen molar-refractivity contribution in [2.45, 2.75) is 19.8 Å².